The first kappa shape index (κ1) is 11.9. The molecule has 0 saturated heterocycles. The highest BCUT2D eigenvalue weighted by atomic mass is 16.6. The van der Waals surface area contributed by atoms with Crippen LogP contribution in [0.1, 0.15) is 10.4 Å². The van der Waals surface area contributed by atoms with E-state index >= 15 is 0 Å². The fourth-order valence-electron chi connectivity index (χ4n) is 1.02. The Labute approximate surface area is 91.5 Å². The van der Waals surface area contributed by atoms with Gasteiger partial charge in [-0.1, -0.05) is 0 Å². The van der Waals surface area contributed by atoms with Gasteiger partial charge in [0.15, 0.2) is 5.78 Å². The molecule has 6 nitrogen and oxygen atoms in total. The van der Waals surface area contributed by atoms with Crippen molar-refractivity contribution in [3.8, 4) is 0 Å². The van der Waals surface area contributed by atoms with Gasteiger partial charge in [-0.3, -0.25) is 25.2 Å². The van der Waals surface area contributed by atoms with Gasteiger partial charge in [0.25, 0.3) is 5.69 Å². The Balaban J connectivity index is 2.82. The first-order chi connectivity index (χ1) is 7.50. The van der Waals surface area contributed by atoms with E-state index in [9.17, 15) is 14.9 Å². The maximum Gasteiger partial charge on any atom is 0.269 e. The molecule has 0 unspecified atom stereocenters. The Morgan fingerprint density at radius 1 is 1.44 bits per heavy atom. The number of hydroxylamine groups is 2. The van der Waals surface area contributed by atoms with Crippen LogP contribution >= 0.6 is 0 Å². The minimum atomic E-state index is -0.536. The number of rotatable bonds is 4. The van der Waals surface area contributed by atoms with Gasteiger partial charge >= 0.3 is 0 Å². The van der Waals surface area contributed by atoms with Crippen LogP contribution < -0.4 is 0 Å². The van der Waals surface area contributed by atoms with Crippen LogP contribution in [-0.4, -0.2) is 28.0 Å². The van der Waals surface area contributed by atoms with Gasteiger partial charge in [0.2, 0.25) is 0 Å². The summed E-state index contributed by atoms with van der Waals surface area (Å²) < 4.78 is 0. The summed E-state index contributed by atoms with van der Waals surface area (Å²) >= 11 is 0. The first-order valence-electron chi connectivity index (χ1n) is 4.39. The lowest BCUT2D eigenvalue weighted by Crippen LogP contribution is -2.04. The average molecular weight is 222 g/mol. The molecule has 0 heterocycles. The van der Waals surface area contributed by atoms with Crippen molar-refractivity contribution in [3.63, 3.8) is 0 Å². The maximum atomic E-state index is 11.4. The number of ketones is 1. The fraction of sp³-hybridized carbons (Fsp3) is 0.100. The molecule has 0 fully saturated rings. The standard InChI is InChI=1S/C10H10N2O4/c1-11(14)7-6-10(13)8-2-4-9(5-3-8)12(15)16/h2-7,14H,1H3/b7-6-. The van der Waals surface area contributed by atoms with E-state index in [4.69, 9.17) is 5.21 Å². The normalized spacial score (nSPS) is 10.4. The van der Waals surface area contributed by atoms with Crippen LogP contribution in [0.25, 0.3) is 0 Å². The van der Waals surface area contributed by atoms with E-state index in [0.717, 1.165) is 5.06 Å². The van der Waals surface area contributed by atoms with Crippen molar-refractivity contribution in [2.45, 2.75) is 0 Å². The number of carbonyl (C=O) groups is 1. The number of nitro groups is 1. The SMILES string of the molecule is CN(O)/C=C\C(=O)c1ccc([N+](=O)[O-])cc1. The van der Waals surface area contributed by atoms with Crippen molar-refractivity contribution in [2.24, 2.45) is 0 Å². The first-order valence-corrected chi connectivity index (χ1v) is 4.39. The van der Waals surface area contributed by atoms with Crippen molar-refractivity contribution in [1.29, 1.82) is 0 Å². The molecule has 0 saturated carbocycles. The Kier molecular flexibility index (Phi) is 3.73. The van der Waals surface area contributed by atoms with E-state index in [1.54, 1.807) is 0 Å². The van der Waals surface area contributed by atoms with Gasteiger partial charge in [0.05, 0.1) is 4.92 Å². The van der Waals surface area contributed by atoms with E-state index in [2.05, 4.69) is 0 Å². The second-order valence-electron chi connectivity index (χ2n) is 3.06. The molecule has 1 N–H and O–H groups in total. The molecule has 0 spiro atoms. The highest BCUT2D eigenvalue weighted by Gasteiger charge is 2.06. The van der Waals surface area contributed by atoms with E-state index in [1.165, 1.54) is 43.6 Å². The molecule has 0 aliphatic rings. The fourth-order valence-corrected chi connectivity index (χ4v) is 1.02. The zero-order valence-corrected chi connectivity index (χ0v) is 8.53. The Hall–Kier alpha value is -2.21. The quantitative estimate of drug-likeness (QED) is 0.362. The zero-order chi connectivity index (χ0) is 12.1. The molecule has 0 amide bonds. The second kappa shape index (κ2) is 5.04. The monoisotopic (exact) mass is 222 g/mol. The van der Waals surface area contributed by atoms with Crippen LogP contribution in [0.2, 0.25) is 0 Å². The largest absolute Gasteiger partial charge is 0.289 e. The molecule has 0 aromatic heterocycles. The predicted octanol–water partition coefficient (Wildman–Crippen LogP) is 1.61. The average Bonchev–Trinajstić information content (AvgIpc) is 2.26. The number of nitro benzene ring substituents is 1. The third-order valence-electron chi connectivity index (χ3n) is 1.80. The molecule has 0 aliphatic heterocycles. The summed E-state index contributed by atoms with van der Waals surface area (Å²) in [6.07, 6.45) is 2.35. The summed E-state index contributed by atoms with van der Waals surface area (Å²) in [4.78, 5) is 21.3. The minimum absolute atomic E-state index is 0.0696. The smallest absolute Gasteiger partial charge is 0.269 e. The van der Waals surface area contributed by atoms with Gasteiger partial charge in [0.1, 0.15) is 0 Å². The molecule has 16 heavy (non-hydrogen) atoms. The molecule has 0 radical (unpaired) electrons. The number of nitrogens with zero attached hydrogens (tertiary/aromatic N) is 2. The summed E-state index contributed by atoms with van der Waals surface area (Å²) in [7, 11) is 1.36. The summed E-state index contributed by atoms with van der Waals surface area (Å²) in [5.41, 5.74) is 0.253. The number of hydrogen-bond donors (Lipinski definition) is 1. The number of non-ortho nitro benzene ring substituents is 1. The van der Waals surface area contributed by atoms with E-state index in [0.29, 0.717) is 5.56 Å². The summed E-state index contributed by atoms with van der Waals surface area (Å²) in [5, 5.41) is 19.9. The second-order valence-corrected chi connectivity index (χ2v) is 3.06. The molecule has 1 rings (SSSR count). The molecule has 84 valence electrons. The molecule has 6 heteroatoms. The van der Waals surface area contributed by atoms with Crippen LogP contribution in [0.4, 0.5) is 5.69 Å². The lowest BCUT2D eigenvalue weighted by molar-refractivity contribution is -0.384. The van der Waals surface area contributed by atoms with Gasteiger partial charge in [-0.25, -0.2) is 0 Å². The zero-order valence-electron chi connectivity index (χ0n) is 8.53. The van der Waals surface area contributed by atoms with Crippen LogP contribution in [0.15, 0.2) is 36.5 Å². The van der Waals surface area contributed by atoms with Gasteiger partial charge in [-0.2, -0.15) is 0 Å². The summed E-state index contributed by atoms with van der Waals surface area (Å²) in [5.74, 6) is -0.337. The molecule has 1 aromatic carbocycles. The molecular formula is C10H10N2O4. The number of carbonyl (C=O) groups excluding carboxylic acids is 1. The van der Waals surface area contributed by atoms with Crippen LogP contribution in [-0.2, 0) is 0 Å². The molecule has 0 bridgehead atoms. The number of hydrogen-bond acceptors (Lipinski definition) is 5. The van der Waals surface area contributed by atoms with Gasteiger partial charge < -0.3 is 0 Å². The highest BCUT2D eigenvalue weighted by Crippen LogP contribution is 2.12. The summed E-state index contributed by atoms with van der Waals surface area (Å²) in [6.45, 7) is 0. The Bertz CT molecular complexity index is 423. The molecule has 1 aromatic rings. The topological polar surface area (TPSA) is 83.7 Å². The van der Waals surface area contributed by atoms with Crippen molar-refractivity contribution >= 4 is 11.5 Å². The molecule has 0 aliphatic carbocycles. The lowest BCUT2D eigenvalue weighted by atomic mass is 10.1. The van der Waals surface area contributed by atoms with Crippen LogP contribution in [0.3, 0.4) is 0 Å². The number of benzene rings is 1. The van der Waals surface area contributed by atoms with Crippen molar-refractivity contribution in [2.75, 3.05) is 7.05 Å². The van der Waals surface area contributed by atoms with Gasteiger partial charge in [-0.05, 0) is 12.1 Å². The Morgan fingerprint density at radius 3 is 2.44 bits per heavy atom. The van der Waals surface area contributed by atoms with E-state index in [1.807, 2.05) is 0 Å². The minimum Gasteiger partial charge on any atom is -0.289 e. The van der Waals surface area contributed by atoms with Gasteiger partial charge in [0, 0.05) is 37.0 Å². The lowest BCUT2D eigenvalue weighted by Gasteiger charge is -2.00. The highest BCUT2D eigenvalue weighted by molar-refractivity contribution is 6.04. The number of allylic oxidation sites excluding steroid dienone is 1. The third kappa shape index (κ3) is 3.18. The van der Waals surface area contributed by atoms with Crippen LogP contribution in [0, 0.1) is 10.1 Å². The van der Waals surface area contributed by atoms with Crippen LogP contribution in [0.5, 0.6) is 0 Å². The summed E-state index contributed by atoms with van der Waals surface area (Å²) in [6, 6.07) is 5.23. The van der Waals surface area contributed by atoms with E-state index < -0.39 is 4.92 Å². The molecule has 0 atom stereocenters. The van der Waals surface area contributed by atoms with Crippen molar-refractivity contribution < 1.29 is 14.9 Å². The third-order valence-corrected chi connectivity index (χ3v) is 1.80. The maximum absolute atomic E-state index is 11.4. The van der Waals surface area contributed by atoms with Crippen molar-refractivity contribution in [3.05, 3.63) is 52.2 Å². The van der Waals surface area contributed by atoms with Crippen molar-refractivity contribution in [1.82, 2.24) is 5.06 Å². The molecular weight excluding hydrogens is 212 g/mol. The van der Waals surface area contributed by atoms with Gasteiger partial charge in [-0.15, -0.1) is 0 Å². The Morgan fingerprint density at radius 2 is 2.00 bits per heavy atom. The predicted molar refractivity (Wildman–Crippen MR) is 56.1 cm³/mol. The van der Waals surface area contributed by atoms with E-state index in [-0.39, 0.29) is 11.5 Å².